The summed E-state index contributed by atoms with van der Waals surface area (Å²) in [5.74, 6) is 0.715. The number of hydrogen-bond acceptors (Lipinski definition) is 3. The number of imidazole rings is 1. The van der Waals surface area contributed by atoms with Gasteiger partial charge in [-0.15, -0.1) is 0 Å². The maximum atomic E-state index is 6.40. The van der Waals surface area contributed by atoms with Gasteiger partial charge < -0.3 is 15.2 Å². The Hall–Kier alpha value is -1.65. The van der Waals surface area contributed by atoms with E-state index in [1.807, 2.05) is 18.6 Å². The van der Waals surface area contributed by atoms with E-state index in [0.717, 1.165) is 18.7 Å². The van der Waals surface area contributed by atoms with Gasteiger partial charge in [0.25, 0.3) is 0 Å². The predicted molar refractivity (Wildman–Crippen MR) is 84.9 cm³/mol. The fourth-order valence-electron chi connectivity index (χ4n) is 3.22. The Morgan fingerprint density at radius 1 is 1.33 bits per heavy atom. The molecule has 2 heterocycles. The number of rotatable bonds is 5. The van der Waals surface area contributed by atoms with Crippen molar-refractivity contribution in [2.45, 2.75) is 25.4 Å². The number of nitrogens with zero attached hydrogens (tertiary/aromatic N) is 3. The predicted octanol–water partition coefficient (Wildman–Crippen LogP) is 2.08. The molecule has 2 aromatic rings. The second kappa shape index (κ2) is 6.41. The molecule has 1 fully saturated rings. The minimum absolute atomic E-state index is 0.00836. The Kier molecular flexibility index (Phi) is 4.36. The topological polar surface area (TPSA) is 47.1 Å². The highest BCUT2D eigenvalue weighted by Crippen LogP contribution is 2.21. The van der Waals surface area contributed by atoms with Crippen molar-refractivity contribution < 1.29 is 0 Å². The maximum absolute atomic E-state index is 6.40. The van der Waals surface area contributed by atoms with E-state index >= 15 is 0 Å². The van der Waals surface area contributed by atoms with Crippen molar-refractivity contribution in [2.24, 2.45) is 11.7 Å². The van der Waals surface area contributed by atoms with Gasteiger partial charge in [-0.05, 0) is 37.9 Å². The molecule has 1 aromatic carbocycles. The summed E-state index contributed by atoms with van der Waals surface area (Å²) in [6, 6.07) is 10.4. The molecule has 3 rings (SSSR count). The average molecular weight is 284 g/mol. The fraction of sp³-hybridized carbons (Fsp3) is 0.471. The Morgan fingerprint density at radius 3 is 2.86 bits per heavy atom. The molecule has 0 spiro atoms. The van der Waals surface area contributed by atoms with E-state index < -0.39 is 0 Å². The number of likely N-dealkylation sites (tertiary alicyclic amines) is 1. The highest BCUT2D eigenvalue weighted by molar-refractivity contribution is 5.18. The summed E-state index contributed by atoms with van der Waals surface area (Å²) >= 11 is 0. The van der Waals surface area contributed by atoms with E-state index in [2.05, 4.69) is 45.8 Å². The molecular weight excluding hydrogens is 260 g/mol. The van der Waals surface area contributed by atoms with Gasteiger partial charge in [0, 0.05) is 19.3 Å². The maximum Gasteiger partial charge on any atom is 0.0948 e. The van der Waals surface area contributed by atoms with Crippen LogP contribution in [-0.4, -0.2) is 34.6 Å². The largest absolute Gasteiger partial charge is 0.333 e. The van der Waals surface area contributed by atoms with Crippen LogP contribution in [0, 0.1) is 5.92 Å². The molecule has 2 N–H and O–H groups in total. The lowest BCUT2D eigenvalue weighted by atomic mass is 10.0. The molecule has 0 bridgehead atoms. The summed E-state index contributed by atoms with van der Waals surface area (Å²) in [5, 5.41) is 0. The van der Waals surface area contributed by atoms with Crippen LogP contribution in [0.1, 0.15) is 23.7 Å². The third kappa shape index (κ3) is 3.52. The summed E-state index contributed by atoms with van der Waals surface area (Å²) in [6.07, 6.45) is 5.98. The van der Waals surface area contributed by atoms with Crippen molar-refractivity contribution >= 4 is 0 Å². The van der Waals surface area contributed by atoms with Gasteiger partial charge in [0.05, 0.1) is 18.1 Å². The molecule has 112 valence electrons. The molecule has 1 aliphatic heterocycles. The molecule has 0 amide bonds. The third-order valence-corrected chi connectivity index (χ3v) is 4.37. The van der Waals surface area contributed by atoms with Crippen LogP contribution in [0.3, 0.4) is 0 Å². The fourth-order valence-corrected chi connectivity index (χ4v) is 3.22. The van der Waals surface area contributed by atoms with Gasteiger partial charge in [-0.1, -0.05) is 30.3 Å². The molecule has 4 nitrogen and oxygen atoms in total. The van der Waals surface area contributed by atoms with Crippen molar-refractivity contribution in [1.82, 2.24) is 14.5 Å². The molecular formula is C17H24N4. The van der Waals surface area contributed by atoms with Gasteiger partial charge in [0.1, 0.15) is 0 Å². The summed E-state index contributed by atoms with van der Waals surface area (Å²) in [4.78, 5) is 6.71. The van der Waals surface area contributed by atoms with E-state index in [0.29, 0.717) is 5.92 Å². The van der Waals surface area contributed by atoms with Crippen molar-refractivity contribution in [3.63, 3.8) is 0 Å². The van der Waals surface area contributed by atoms with Crippen molar-refractivity contribution in [1.29, 1.82) is 0 Å². The first-order chi connectivity index (χ1) is 10.2. The Balaban J connectivity index is 1.67. The Labute approximate surface area is 126 Å². The summed E-state index contributed by atoms with van der Waals surface area (Å²) in [7, 11) is 2.19. The molecule has 1 aromatic heterocycles. The second-order valence-corrected chi connectivity index (χ2v) is 6.18. The SMILES string of the molecule is CN1CCC(Cn2cncc2[C@H](N)Cc2ccccc2)C1. The monoisotopic (exact) mass is 284 g/mol. The number of hydrogen-bond donors (Lipinski definition) is 1. The molecule has 1 aliphatic rings. The quantitative estimate of drug-likeness (QED) is 0.914. The van der Waals surface area contributed by atoms with Gasteiger partial charge >= 0.3 is 0 Å². The van der Waals surface area contributed by atoms with Crippen molar-refractivity contribution in [3.8, 4) is 0 Å². The van der Waals surface area contributed by atoms with Crippen LogP contribution in [0.4, 0.5) is 0 Å². The van der Waals surface area contributed by atoms with Gasteiger partial charge in [-0.2, -0.15) is 0 Å². The molecule has 4 heteroatoms. The second-order valence-electron chi connectivity index (χ2n) is 6.18. The van der Waals surface area contributed by atoms with Crippen molar-refractivity contribution in [3.05, 3.63) is 54.1 Å². The summed E-state index contributed by atoms with van der Waals surface area (Å²) in [5.41, 5.74) is 8.83. The van der Waals surface area contributed by atoms with Gasteiger partial charge in [-0.3, -0.25) is 0 Å². The van der Waals surface area contributed by atoms with Crippen molar-refractivity contribution in [2.75, 3.05) is 20.1 Å². The Bertz CT molecular complexity index is 563. The van der Waals surface area contributed by atoms with Crippen LogP contribution in [0.5, 0.6) is 0 Å². The molecule has 0 aliphatic carbocycles. The van der Waals surface area contributed by atoms with E-state index in [1.54, 1.807) is 0 Å². The zero-order chi connectivity index (χ0) is 14.7. The average Bonchev–Trinajstić information content (AvgIpc) is 3.10. The minimum Gasteiger partial charge on any atom is -0.333 e. The minimum atomic E-state index is 0.00836. The molecule has 0 saturated carbocycles. The molecule has 2 atom stereocenters. The first-order valence-corrected chi connectivity index (χ1v) is 7.70. The normalized spacial score (nSPS) is 20.8. The first kappa shape index (κ1) is 14.3. The zero-order valence-electron chi connectivity index (χ0n) is 12.7. The lowest BCUT2D eigenvalue weighted by Gasteiger charge is -2.17. The summed E-state index contributed by atoms with van der Waals surface area (Å²) < 4.78 is 2.25. The zero-order valence-corrected chi connectivity index (χ0v) is 12.7. The summed E-state index contributed by atoms with van der Waals surface area (Å²) in [6.45, 7) is 3.40. The van der Waals surface area contributed by atoms with Crippen LogP contribution in [0.25, 0.3) is 0 Å². The highest BCUT2D eigenvalue weighted by atomic mass is 15.1. The van der Waals surface area contributed by atoms with Gasteiger partial charge in [0.2, 0.25) is 0 Å². The van der Waals surface area contributed by atoms with Crippen LogP contribution >= 0.6 is 0 Å². The van der Waals surface area contributed by atoms with E-state index in [-0.39, 0.29) is 6.04 Å². The third-order valence-electron chi connectivity index (χ3n) is 4.37. The molecule has 21 heavy (non-hydrogen) atoms. The van der Waals surface area contributed by atoms with Crippen LogP contribution in [0.2, 0.25) is 0 Å². The van der Waals surface area contributed by atoms with Crippen LogP contribution < -0.4 is 5.73 Å². The standard InChI is InChI=1S/C17H24N4/c1-20-8-7-15(11-20)12-21-13-19-10-17(21)16(18)9-14-5-3-2-4-6-14/h2-6,10,13,15-16H,7-9,11-12,18H2,1H3/t15?,16-/m1/s1. The highest BCUT2D eigenvalue weighted by Gasteiger charge is 2.21. The van der Waals surface area contributed by atoms with Crippen LogP contribution in [0.15, 0.2) is 42.9 Å². The smallest absolute Gasteiger partial charge is 0.0948 e. The number of benzene rings is 1. The number of aromatic nitrogens is 2. The lowest BCUT2D eigenvalue weighted by molar-refractivity contribution is 0.374. The van der Waals surface area contributed by atoms with Crippen LogP contribution in [-0.2, 0) is 13.0 Å². The van der Waals surface area contributed by atoms with Gasteiger partial charge in [-0.25, -0.2) is 4.98 Å². The Morgan fingerprint density at radius 2 is 2.14 bits per heavy atom. The molecule has 0 radical (unpaired) electrons. The van der Waals surface area contributed by atoms with Gasteiger partial charge in [0.15, 0.2) is 0 Å². The number of nitrogens with two attached hydrogens (primary N) is 1. The van der Waals surface area contributed by atoms with E-state index in [4.69, 9.17) is 5.73 Å². The lowest BCUT2D eigenvalue weighted by Crippen LogP contribution is -2.21. The first-order valence-electron chi connectivity index (χ1n) is 7.70. The van der Waals surface area contributed by atoms with E-state index in [1.165, 1.54) is 25.1 Å². The molecule has 1 unspecified atom stereocenters. The van der Waals surface area contributed by atoms with E-state index in [9.17, 15) is 0 Å². The molecule has 1 saturated heterocycles.